The number of rotatable bonds is 4. The second kappa shape index (κ2) is 6.23. The fourth-order valence-corrected chi connectivity index (χ4v) is 0.948. The van der Waals surface area contributed by atoms with Crippen LogP contribution in [-0.4, -0.2) is 0 Å². The van der Waals surface area contributed by atoms with E-state index in [2.05, 4.69) is 46.1 Å². The van der Waals surface area contributed by atoms with Crippen molar-refractivity contribution >= 4 is 0 Å². The van der Waals surface area contributed by atoms with Crippen molar-refractivity contribution in [2.24, 2.45) is 0 Å². The van der Waals surface area contributed by atoms with E-state index in [0.29, 0.717) is 0 Å². The van der Waals surface area contributed by atoms with E-state index in [4.69, 9.17) is 0 Å². The molecule has 0 fully saturated rings. The van der Waals surface area contributed by atoms with Crippen molar-refractivity contribution in [1.29, 1.82) is 0 Å². The highest BCUT2D eigenvalue weighted by molar-refractivity contribution is 5.42. The summed E-state index contributed by atoms with van der Waals surface area (Å²) in [6.45, 7) is 18.1. The van der Waals surface area contributed by atoms with E-state index in [-0.39, 0.29) is 0 Å². The van der Waals surface area contributed by atoms with Gasteiger partial charge in [0.25, 0.3) is 0 Å². The molecule has 0 nitrogen and oxygen atoms in total. The molecule has 0 aliphatic carbocycles. The fraction of sp³-hybridized carbons (Fsp3) is 0.333. The first-order valence-electron chi connectivity index (χ1n) is 5.20. The topological polar surface area (TPSA) is 0 Å². The predicted octanol–water partition coefficient (Wildman–Crippen LogP) is 4.98. The summed E-state index contributed by atoms with van der Waals surface area (Å²) in [6, 6.07) is 0. The first-order valence-corrected chi connectivity index (χ1v) is 5.20. The number of hydrogen-bond donors (Lipinski definition) is 0. The molecule has 0 radical (unpaired) electrons. The maximum atomic E-state index is 3.93. The van der Waals surface area contributed by atoms with Gasteiger partial charge in [-0.2, -0.15) is 0 Å². The van der Waals surface area contributed by atoms with Crippen molar-refractivity contribution in [3.8, 4) is 0 Å². The maximum Gasteiger partial charge on any atom is -0.0267 e. The Morgan fingerprint density at radius 3 is 1.73 bits per heavy atom. The van der Waals surface area contributed by atoms with Gasteiger partial charge in [0.2, 0.25) is 0 Å². The summed E-state index contributed by atoms with van der Waals surface area (Å²) in [7, 11) is 0. The minimum atomic E-state index is 1.06. The molecule has 0 aromatic heterocycles. The van der Waals surface area contributed by atoms with Crippen molar-refractivity contribution in [3.05, 3.63) is 59.3 Å². The van der Waals surface area contributed by atoms with Gasteiger partial charge in [0.15, 0.2) is 0 Å². The normalized spacial score (nSPS) is 11.7. The zero-order valence-electron chi connectivity index (χ0n) is 10.6. The van der Waals surface area contributed by atoms with Crippen LogP contribution in [0.4, 0.5) is 0 Å². The second-order valence-electron chi connectivity index (χ2n) is 4.24. The molecule has 0 bridgehead atoms. The van der Waals surface area contributed by atoms with Gasteiger partial charge in [-0.05, 0) is 45.8 Å². The van der Waals surface area contributed by atoms with Crippen molar-refractivity contribution in [1.82, 2.24) is 0 Å². The van der Waals surface area contributed by atoms with E-state index in [0.717, 1.165) is 11.1 Å². The van der Waals surface area contributed by atoms with E-state index in [1.807, 2.05) is 19.9 Å². The van der Waals surface area contributed by atoms with Crippen LogP contribution in [-0.2, 0) is 0 Å². The van der Waals surface area contributed by atoms with Gasteiger partial charge in [0, 0.05) is 0 Å². The van der Waals surface area contributed by atoms with Crippen LogP contribution in [0.25, 0.3) is 0 Å². The zero-order valence-corrected chi connectivity index (χ0v) is 10.6. The third-order valence-electron chi connectivity index (χ3n) is 2.17. The molecule has 0 saturated heterocycles. The fourth-order valence-electron chi connectivity index (χ4n) is 0.948. The van der Waals surface area contributed by atoms with Gasteiger partial charge in [0.05, 0.1) is 0 Å². The van der Waals surface area contributed by atoms with Crippen LogP contribution in [0.15, 0.2) is 59.3 Å². The Morgan fingerprint density at radius 2 is 1.40 bits per heavy atom. The highest BCUT2D eigenvalue weighted by Gasteiger charge is 1.94. The van der Waals surface area contributed by atoms with Crippen LogP contribution in [0.2, 0.25) is 0 Å². The quantitative estimate of drug-likeness (QED) is 0.564. The Labute approximate surface area is 94.4 Å². The number of allylic oxidation sites excluding steroid dienone is 8. The Bertz CT molecular complexity index is 342. The van der Waals surface area contributed by atoms with E-state index in [1.54, 1.807) is 0 Å². The third-order valence-corrected chi connectivity index (χ3v) is 2.17. The molecule has 82 valence electrons. The summed E-state index contributed by atoms with van der Waals surface area (Å²) in [5.41, 5.74) is 5.93. The summed E-state index contributed by atoms with van der Waals surface area (Å²) >= 11 is 0. The largest absolute Gasteiger partial charge is 0.0961 e. The second-order valence-corrected chi connectivity index (χ2v) is 4.24. The van der Waals surface area contributed by atoms with Gasteiger partial charge >= 0.3 is 0 Å². The third kappa shape index (κ3) is 5.90. The molecule has 0 aliphatic heterocycles. The van der Waals surface area contributed by atoms with Crippen LogP contribution in [0.3, 0.4) is 0 Å². The predicted molar refractivity (Wildman–Crippen MR) is 70.9 cm³/mol. The van der Waals surface area contributed by atoms with Crippen molar-refractivity contribution in [2.45, 2.75) is 34.6 Å². The lowest BCUT2D eigenvalue weighted by Crippen LogP contribution is -1.83. The molecule has 15 heavy (non-hydrogen) atoms. The standard InChI is InChI=1S/C15H22/c1-11(2)8-9-15(13(5)6)10-14(7)12(3)4/h8-10H,1,3H2,2,4-7H3. The molecule has 0 spiro atoms. The minimum absolute atomic E-state index is 1.06. The smallest absolute Gasteiger partial charge is 0.0267 e. The van der Waals surface area contributed by atoms with Gasteiger partial charge < -0.3 is 0 Å². The van der Waals surface area contributed by atoms with Crippen LogP contribution in [0.1, 0.15) is 34.6 Å². The molecule has 0 aliphatic rings. The monoisotopic (exact) mass is 202 g/mol. The molecule has 0 amide bonds. The number of hydrogen-bond acceptors (Lipinski definition) is 0. The molecule has 0 unspecified atom stereocenters. The van der Waals surface area contributed by atoms with Crippen LogP contribution >= 0.6 is 0 Å². The molecule has 0 heterocycles. The molecular formula is C15H22. The molecule has 0 N–H and O–H groups in total. The molecule has 0 aromatic carbocycles. The van der Waals surface area contributed by atoms with E-state index in [9.17, 15) is 0 Å². The van der Waals surface area contributed by atoms with Gasteiger partial charge in [-0.25, -0.2) is 0 Å². The van der Waals surface area contributed by atoms with Gasteiger partial charge in [0.1, 0.15) is 0 Å². The van der Waals surface area contributed by atoms with Crippen LogP contribution < -0.4 is 0 Å². The maximum absolute atomic E-state index is 3.93. The zero-order chi connectivity index (χ0) is 12.0. The summed E-state index contributed by atoms with van der Waals surface area (Å²) in [4.78, 5) is 0. The van der Waals surface area contributed by atoms with Gasteiger partial charge in [-0.15, -0.1) is 0 Å². The average Bonchev–Trinajstić information content (AvgIpc) is 2.10. The minimum Gasteiger partial charge on any atom is -0.0961 e. The lowest BCUT2D eigenvalue weighted by molar-refractivity contribution is 1.30. The summed E-state index contributed by atoms with van der Waals surface area (Å²) in [5, 5.41) is 0. The van der Waals surface area contributed by atoms with Crippen molar-refractivity contribution < 1.29 is 0 Å². The molecule has 0 atom stereocenters. The first kappa shape index (κ1) is 13.7. The molecular weight excluding hydrogens is 180 g/mol. The van der Waals surface area contributed by atoms with E-state index >= 15 is 0 Å². The van der Waals surface area contributed by atoms with Gasteiger partial charge in [-0.1, -0.05) is 48.1 Å². The van der Waals surface area contributed by atoms with E-state index < -0.39 is 0 Å². The first-order chi connectivity index (χ1) is 6.84. The van der Waals surface area contributed by atoms with Crippen LogP contribution in [0, 0.1) is 0 Å². The Kier molecular flexibility index (Phi) is 5.69. The summed E-state index contributed by atoms with van der Waals surface area (Å²) < 4.78 is 0. The van der Waals surface area contributed by atoms with Gasteiger partial charge in [-0.3, -0.25) is 0 Å². The van der Waals surface area contributed by atoms with Crippen molar-refractivity contribution in [3.63, 3.8) is 0 Å². The van der Waals surface area contributed by atoms with Crippen LogP contribution in [0.5, 0.6) is 0 Å². The lowest BCUT2D eigenvalue weighted by atomic mass is 10.0. The summed E-state index contributed by atoms with van der Waals surface area (Å²) in [5.74, 6) is 0. The molecule has 0 saturated carbocycles. The Balaban J connectivity index is 5.05. The Hall–Kier alpha value is -1.30. The molecule has 0 rings (SSSR count). The van der Waals surface area contributed by atoms with E-state index in [1.165, 1.54) is 16.7 Å². The molecule has 0 heteroatoms. The average molecular weight is 202 g/mol. The highest BCUT2D eigenvalue weighted by Crippen LogP contribution is 2.14. The molecule has 0 aromatic rings. The SMILES string of the molecule is C=C(C)C=CC(C=C(C)C(=C)C)=C(C)C. The summed E-state index contributed by atoms with van der Waals surface area (Å²) in [6.07, 6.45) is 6.30. The Morgan fingerprint density at radius 1 is 0.867 bits per heavy atom. The highest BCUT2D eigenvalue weighted by atomic mass is 14.0. The lowest BCUT2D eigenvalue weighted by Gasteiger charge is -2.03. The van der Waals surface area contributed by atoms with Crippen molar-refractivity contribution in [2.75, 3.05) is 0 Å².